The molecule has 1 amide bonds. The predicted octanol–water partition coefficient (Wildman–Crippen LogP) is 3.96. The smallest absolute Gasteiger partial charge is 0.265 e. The molecular weight excluding hydrogens is 330 g/mol. The number of rotatable bonds is 6. The van der Waals surface area contributed by atoms with Crippen LogP contribution in [0, 0.1) is 0 Å². The molecule has 6 heteroatoms. The first-order chi connectivity index (χ1) is 11.4. The number of amides is 1. The van der Waals surface area contributed by atoms with Crippen LogP contribution in [-0.4, -0.2) is 24.9 Å². The molecule has 0 heterocycles. The SMILES string of the molecule is COc1cc(C(C)=O)ccc1OC(C)C(=O)Nc1cccc(Cl)c1. The van der Waals surface area contributed by atoms with Gasteiger partial charge in [0.05, 0.1) is 7.11 Å². The second-order valence-corrected chi connectivity index (χ2v) is 5.62. The average Bonchev–Trinajstić information content (AvgIpc) is 2.54. The van der Waals surface area contributed by atoms with Crippen molar-refractivity contribution in [3.05, 3.63) is 53.1 Å². The Labute approximate surface area is 145 Å². The van der Waals surface area contributed by atoms with Crippen LogP contribution in [0.5, 0.6) is 11.5 Å². The van der Waals surface area contributed by atoms with E-state index in [9.17, 15) is 9.59 Å². The lowest BCUT2D eigenvalue weighted by Gasteiger charge is -2.17. The fourth-order valence-corrected chi connectivity index (χ4v) is 2.23. The molecule has 2 aromatic rings. The fraction of sp³-hybridized carbons (Fsp3) is 0.222. The van der Waals surface area contributed by atoms with E-state index < -0.39 is 6.10 Å². The van der Waals surface area contributed by atoms with E-state index in [4.69, 9.17) is 21.1 Å². The highest BCUT2D eigenvalue weighted by Gasteiger charge is 2.18. The molecule has 0 aliphatic carbocycles. The molecule has 1 N–H and O–H groups in total. The van der Waals surface area contributed by atoms with Crippen LogP contribution in [0.1, 0.15) is 24.2 Å². The molecule has 0 aromatic heterocycles. The van der Waals surface area contributed by atoms with Gasteiger partial charge in [0, 0.05) is 16.3 Å². The molecule has 1 unspecified atom stereocenters. The highest BCUT2D eigenvalue weighted by Crippen LogP contribution is 2.29. The lowest BCUT2D eigenvalue weighted by atomic mass is 10.1. The highest BCUT2D eigenvalue weighted by molar-refractivity contribution is 6.30. The number of carbonyl (C=O) groups is 2. The van der Waals surface area contributed by atoms with Crippen molar-refractivity contribution in [1.82, 2.24) is 0 Å². The Bertz CT molecular complexity index is 760. The minimum atomic E-state index is -0.763. The number of benzene rings is 2. The number of Topliss-reactive ketones (excluding diaryl/α,β-unsaturated/α-hetero) is 1. The van der Waals surface area contributed by atoms with Crippen molar-refractivity contribution in [3.63, 3.8) is 0 Å². The Morgan fingerprint density at radius 1 is 1.12 bits per heavy atom. The van der Waals surface area contributed by atoms with Gasteiger partial charge < -0.3 is 14.8 Å². The maximum absolute atomic E-state index is 12.2. The van der Waals surface area contributed by atoms with Crippen LogP contribution >= 0.6 is 11.6 Å². The minimum Gasteiger partial charge on any atom is -0.493 e. The number of ether oxygens (including phenoxy) is 2. The van der Waals surface area contributed by atoms with Crippen LogP contribution in [0.4, 0.5) is 5.69 Å². The van der Waals surface area contributed by atoms with Crippen molar-refractivity contribution in [2.45, 2.75) is 20.0 Å². The topological polar surface area (TPSA) is 64.6 Å². The van der Waals surface area contributed by atoms with Gasteiger partial charge >= 0.3 is 0 Å². The zero-order valence-corrected chi connectivity index (χ0v) is 14.4. The van der Waals surface area contributed by atoms with E-state index in [2.05, 4.69) is 5.32 Å². The van der Waals surface area contributed by atoms with Crippen LogP contribution in [0.2, 0.25) is 5.02 Å². The number of ketones is 1. The number of methoxy groups -OCH3 is 1. The second kappa shape index (κ2) is 7.84. The Balaban J connectivity index is 2.09. The molecule has 1 atom stereocenters. The molecule has 0 saturated heterocycles. The third kappa shape index (κ3) is 4.49. The van der Waals surface area contributed by atoms with Crippen molar-refractivity contribution in [2.75, 3.05) is 12.4 Å². The number of nitrogens with one attached hydrogen (secondary N) is 1. The Morgan fingerprint density at radius 3 is 2.50 bits per heavy atom. The molecule has 2 aromatic carbocycles. The van der Waals surface area contributed by atoms with E-state index in [1.165, 1.54) is 14.0 Å². The van der Waals surface area contributed by atoms with Crippen LogP contribution in [-0.2, 0) is 4.79 Å². The van der Waals surface area contributed by atoms with E-state index in [0.717, 1.165) is 0 Å². The summed E-state index contributed by atoms with van der Waals surface area (Å²) in [5, 5.41) is 3.26. The monoisotopic (exact) mass is 347 g/mol. The summed E-state index contributed by atoms with van der Waals surface area (Å²) in [6.45, 7) is 3.09. The Kier molecular flexibility index (Phi) is 5.82. The predicted molar refractivity (Wildman–Crippen MR) is 93.2 cm³/mol. The van der Waals surface area contributed by atoms with Gasteiger partial charge in [-0.25, -0.2) is 0 Å². The van der Waals surface area contributed by atoms with Crippen LogP contribution in [0.25, 0.3) is 0 Å². The maximum atomic E-state index is 12.2. The van der Waals surface area contributed by atoms with E-state index in [-0.39, 0.29) is 11.7 Å². The summed E-state index contributed by atoms with van der Waals surface area (Å²) < 4.78 is 10.9. The van der Waals surface area contributed by atoms with Crippen molar-refractivity contribution in [2.24, 2.45) is 0 Å². The fourth-order valence-electron chi connectivity index (χ4n) is 2.04. The van der Waals surface area contributed by atoms with Gasteiger partial charge in [0.2, 0.25) is 0 Å². The first kappa shape index (κ1) is 17.8. The summed E-state index contributed by atoms with van der Waals surface area (Å²) in [5.41, 5.74) is 1.09. The van der Waals surface area contributed by atoms with E-state index in [0.29, 0.717) is 27.8 Å². The van der Waals surface area contributed by atoms with Crippen LogP contribution in [0.15, 0.2) is 42.5 Å². The van der Waals surface area contributed by atoms with Gasteiger partial charge in [-0.2, -0.15) is 0 Å². The van der Waals surface area contributed by atoms with E-state index >= 15 is 0 Å². The van der Waals surface area contributed by atoms with Crippen molar-refractivity contribution >= 4 is 29.0 Å². The quantitative estimate of drug-likeness (QED) is 0.803. The van der Waals surface area contributed by atoms with Crippen LogP contribution < -0.4 is 14.8 Å². The maximum Gasteiger partial charge on any atom is 0.265 e. The van der Waals surface area contributed by atoms with Gasteiger partial charge in [-0.15, -0.1) is 0 Å². The molecule has 0 aliphatic rings. The van der Waals surface area contributed by atoms with E-state index in [1.807, 2.05) is 0 Å². The van der Waals surface area contributed by atoms with Gasteiger partial charge in [-0.1, -0.05) is 17.7 Å². The normalized spacial score (nSPS) is 11.5. The summed E-state index contributed by atoms with van der Waals surface area (Å²) in [6.07, 6.45) is -0.763. The van der Waals surface area contributed by atoms with E-state index in [1.54, 1.807) is 49.4 Å². The largest absolute Gasteiger partial charge is 0.493 e. The lowest BCUT2D eigenvalue weighted by Crippen LogP contribution is -2.30. The van der Waals surface area contributed by atoms with Crippen molar-refractivity contribution in [3.8, 4) is 11.5 Å². The zero-order chi connectivity index (χ0) is 17.7. The first-order valence-corrected chi connectivity index (χ1v) is 7.70. The van der Waals surface area contributed by atoms with Crippen molar-refractivity contribution in [1.29, 1.82) is 0 Å². The molecule has 0 bridgehead atoms. The Hall–Kier alpha value is -2.53. The molecule has 24 heavy (non-hydrogen) atoms. The van der Waals surface area contributed by atoms with Crippen LogP contribution in [0.3, 0.4) is 0 Å². The third-order valence-corrected chi connectivity index (χ3v) is 3.57. The number of halogens is 1. The Morgan fingerprint density at radius 2 is 1.88 bits per heavy atom. The number of hydrogen-bond donors (Lipinski definition) is 1. The lowest BCUT2D eigenvalue weighted by molar-refractivity contribution is -0.122. The molecule has 0 fully saturated rings. The molecule has 0 aliphatic heterocycles. The summed E-state index contributed by atoms with van der Waals surface area (Å²) in [4.78, 5) is 23.6. The molecule has 5 nitrogen and oxygen atoms in total. The summed E-state index contributed by atoms with van der Waals surface area (Å²) in [6, 6.07) is 11.7. The van der Waals surface area contributed by atoms with Gasteiger partial charge in [-0.3, -0.25) is 9.59 Å². The number of carbonyl (C=O) groups excluding carboxylic acids is 2. The summed E-state index contributed by atoms with van der Waals surface area (Å²) in [7, 11) is 1.48. The van der Waals surface area contributed by atoms with Gasteiger partial charge in [0.15, 0.2) is 23.4 Å². The zero-order valence-electron chi connectivity index (χ0n) is 13.6. The molecule has 126 valence electrons. The summed E-state index contributed by atoms with van der Waals surface area (Å²) >= 11 is 5.89. The molecule has 2 rings (SSSR count). The number of hydrogen-bond acceptors (Lipinski definition) is 4. The van der Waals surface area contributed by atoms with Gasteiger partial charge in [0.25, 0.3) is 5.91 Å². The average molecular weight is 348 g/mol. The molecule has 0 saturated carbocycles. The molecule has 0 radical (unpaired) electrons. The standard InChI is InChI=1S/C18H18ClNO4/c1-11(21)13-7-8-16(17(9-13)23-3)24-12(2)18(22)20-15-6-4-5-14(19)10-15/h4-10,12H,1-3H3,(H,20,22). The highest BCUT2D eigenvalue weighted by atomic mass is 35.5. The second-order valence-electron chi connectivity index (χ2n) is 5.18. The van der Waals surface area contributed by atoms with Gasteiger partial charge in [0.1, 0.15) is 0 Å². The minimum absolute atomic E-state index is 0.0772. The molecule has 0 spiro atoms. The van der Waals surface area contributed by atoms with Gasteiger partial charge in [-0.05, 0) is 50.2 Å². The number of anilines is 1. The third-order valence-electron chi connectivity index (χ3n) is 3.34. The first-order valence-electron chi connectivity index (χ1n) is 7.32. The van der Waals surface area contributed by atoms with Crippen molar-refractivity contribution < 1.29 is 19.1 Å². The summed E-state index contributed by atoms with van der Waals surface area (Å²) in [5.74, 6) is 0.378. The molecular formula is C18H18ClNO4.